The van der Waals surface area contributed by atoms with E-state index < -0.39 is 11.4 Å². The molecular weight excluding hydrogens is 161 g/mol. The number of hydrogen-bond donors (Lipinski definition) is 2. The zero-order valence-electron chi connectivity index (χ0n) is 2.12. The van der Waals surface area contributed by atoms with Crippen molar-refractivity contribution >= 4 is 82.9 Å². The molecule has 0 rings (SSSR count). The number of halogens is 1. The molecule has 2 N–H and O–H groups in total. The molecule has 0 heterocycles. The maximum atomic E-state index is 8.67. The summed E-state index contributed by atoms with van der Waals surface area (Å²) in [7, 11) is 0. The van der Waals surface area contributed by atoms with Gasteiger partial charge in [-0.1, -0.05) is 0 Å². The van der Waals surface area contributed by atoms with Gasteiger partial charge in [0.25, 0.3) is 11.4 Å². The van der Waals surface area contributed by atoms with Gasteiger partial charge < -0.3 is 0 Å². The quantitative estimate of drug-likeness (QED) is 0.351. The Labute approximate surface area is 94.7 Å². The summed E-state index contributed by atoms with van der Waals surface area (Å²) in [5, 5.41) is 0. The molecule has 38 valence electrons. The first-order valence-electron chi connectivity index (χ1n) is 0.532. The minimum absolute atomic E-state index is 0. The Morgan fingerprint density at radius 1 is 1.14 bits per heavy atom. The Hall–Kier alpha value is 2.36. The average Bonchev–Trinajstić information content (AvgIpc) is 0.811. The molecule has 0 unspecified atom stereocenters. The van der Waals surface area contributed by atoms with E-state index in [-0.39, 0.29) is 71.5 Å². The molecule has 0 aromatic rings. The van der Waals surface area contributed by atoms with Gasteiger partial charge in [-0.2, -0.15) is 4.21 Å². The summed E-state index contributed by atoms with van der Waals surface area (Å²) in [5.41, 5.74) is 0. The molecule has 0 aliphatic carbocycles. The summed E-state index contributed by atoms with van der Waals surface area (Å²) >= 11 is -2.61. The van der Waals surface area contributed by atoms with E-state index >= 15 is 0 Å². The van der Waals surface area contributed by atoms with Crippen LogP contribution in [-0.2, 0) is 11.4 Å². The molecule has 0 aliphatic heterocycles. The summed E-state index contributed by atoms with van der Waals surface area (Å²) < 4.78 is 22.8. The van der Waals surface area contributed by atoms with Crippen molar-refractivity contribution in [1.82, 2.24) is 0 Å². The number of hydrogen-bond acceptors (Lipinski definition) is 1. The van der Waals surface area contributed by atoms with Gasteiger partial charge in [-0.15, -0.1) is 12.4 Å². The molecule has 0 spiro atoms. The van der Waals surface area contributed by atoms with Crippen molar-refractivity contribution in [1.29, 1.82) is 0 Å². The van der Waals surface area contributed by atoms with E-state index in [2.05, 4.69) is 0 Å². The Morgan fingerprint density at radius 2 is 1.14 bits per heavy atom. The topological polar surface area (TPSA) is 57.5 Å². The molecule has 0 saturated carbocycles. The normalized spacial score (nSPS) is 5.00. The van der Waals surface area contributed by atoms with Crippen LogP contribution in [-0.4, -0.2) is 72.4 Å². The van der Waals surface area contributed by atoms with Crippen LogP contribution in [0.5, 0.6) is 0 Å². The Morgan fingerprint density at radius 3 is 1.14 bits per heavy atom. The fourth-order valence-corrected chi connectivity index (χ4v) is 0. The third-order valence-electron chi connectivity index (χ3n) is 0. The molecule has 7 heteroatoms. The van der Waals surface area contributed by atoms with E-state index in [0.29, 0.717) is 0 Å². The zero-order chi connectivity index (χ0) is 3.58. The van der Waals surface area contributed by atoms with Crippen LogP contribution in [0.25, 0.3) is 0 Å². The molecule has 3 nitrogen and oxygen atoms in total. The van der Waals surface area contributed by atoms with Crippen LogP contribution >= 0.6 is 12.4 Å². The van der Waals surface area contributed by atoms with Crippen LogP contribution in [0, 0.1) is 0 Å². The van der Waals surface area contributed by atoms with E-state index in [1.165, 1.54) is 0 Å². The summed E-state index contributed by atoms with van der Waals surface area (Å²) in [6.45, 7) is 0. The van der Waals surface area contributed by atoms with Gasteiger partial charge in [0.2, 0.25) is 0 Å². The molecule has 0 atom stereocenters. The summed E-state index contributed by atoms with van der Waals surface area (Å²) in [6, 6.07) is 0. The third-order valence-corrected chi connectivity index (χ3v) is 0. The van der Waals surface area contributed by atoms with E-state index in [9.17, 15) is 0 Å². The molecule has 0 aliphatic rings. The van der Waals surface area contributed by atoms with Crippen molar-refractivity contribution in [2.45, 2.75) is 0 Å². The predicted octanol–water partition coefficient (Wildman–Crippen LogP) is -1.19. The fourth-order valence-electron chi connectivity index (χ4n) is 0. The van der Waals surface area contributed by atoms with Crippen LogP contribution < -0.4 is 0 Å². The van der Waals surface area contributed by atoms with Gasteiger partial charge in [0.1, 0.15) is 0 Å². The fraction of sp³-hybridized carbons (Fsp3) is 0. The second-order valence-electron chi connectivity index (χ2n) is 0.231. The van der Waals surface area contributed by atoms with E-state index in [4.69, 9.17) is 13.3 Å². The first-order chi connectivity index (χ1) is 1.73. The van der Waals surface area contributed by atoms with Gasteiger partial charge in [0.15, 0.2) is 0 Å². The van der Waals surface area contributed by atoms with Crippen LogP contribution in [0.2, 0.25) is 0 Å². The van der Waals surface area contributed by atoms with Crippen LogP contribution in [0.4, 0.5) is 0 Å². The van der Waals surface area contributed by atoms with Crippen molar-refractivity contribution in [2.24, 2.45) is 0 Å². The van der Waals surface area contributed by atoms with Crippen LogP contribution in [0.1, 0.15) is 0 Å². The molecule has 0 amide bonds. The van der Waals surface area contributed by atoms with Gasteiger partial charge >= 0.3 is 59.1 Å². The summed E-state index contributed by atoms with van der Waals surface area (Å²) in [4.78, 5) is 0. The van der Waals surface area contributed by atoms with Crippen LogP contribution in [0.15, 0.2) is 0 Å². The van der Waals surface area contributed by atoms with E-state index in [0.717, 1.165) is 0 Å². The van der Waals surface area contributed by atoms with Crippen molar-refractivity contribution in [3.8, 4) is 0 Å². The maximum absolute atomic E-state index is 8.67. The van der Waals surface area contributed by atoms with Crippen molar-refractivity contribution in [3.63, 3.8) is 0 Å². The van der Waals surface area contributed by atoms with E-state index in [1.54, 1.807) is 0 Å². The monoisotopic (exact) mass is 166 g/mol. The predicted molar refractivity (Wildman–Crippen MR) is 34.9 cm³/mol. The van der Waals surface area contributed by atoms with Gasteiger partial charge in [-0.05, 0) is 0 Å². The molecule has 7 heavy (non-hydrogen) atoms. The number of rotatable bonds is 0. The van der Waals surface area contributed by atoms with Gasteiger partial charge in [0.05, 0.1) is 0 Å². The van der Waals surface area contributed by atoms with Crippen molar-refractivity contribution in [3.05, 3.63) is 0 Å². The molecular formula is H5ClNa2O3S. The van der Waals surface area contributed by atoms with Gasteiger partial charge in [-0.3, -0.25) is 9.11 Å². The molecule has 0 fully saturated rings. The first kappa shape index (κ1) is 22.8. The van der Waals surface area contributed by atoms with E-state index in [1.807, 2.05) is 0 Å². The minimum atomic E-state index is -2.61. The first-order valence-corrected chi connectivity index (χ1v) is 1.60. The third kappa shape index (κ3) is 60.7. The Bertz CT molecular complexity index is 35.9. The SMILES string of the molecule is Cl.O=S(O)O.[NaH].[NaH]. The second kappa shape index (κ2) is 15.8. The molecule has 0 bridgehead atoms. The summed E-state index contributed by atoms with van der Waals surface area (Å²) in [6.07, 6.45) is 0. The van der Waals surface area contributed by atoms with Crippen molar-refractivity contribution < 1.29 is 13.3 Å². The second-order valence-corrected chi connectivity index (χ2v) is 0.692. The Balaban J connectivity index is -0.0000000150. The van der Waals surface area contributed by atoms with Crippen LogP contribution in [0.3, 0.4) is 0 Å². The van der Waals surface area contributed by atoms with Gasteiger partial charge in [0, 0.05) is 0 Å². The zero-order valence-corrected chi connectivity index (χ0v) is 3.75. The summed E-state index contributed by atoms with van der Waals surface area (Å²) in [5.74, 6) is 0. The molecule has 0 aromatic heterocycles. The van der Waals surface area contributed by atoms with Crippen molar-refractivity contribution in [2.75, 3.05) is 0 Å². The molecule has 0 saturated heterocycles. The van der Waals surface area contributed by atoms with Gasteiger partial charge in [-0.25, -0.2) is 0 Å². The Kier molecular flexibility index (Phi) is 51.3. The molecule has 0 radical (unpaired) electrons. The standard InChI is InChI=1S/ClH.2Na.H2O3S.2H/c;;;1-4(2)3;;/h1H;;;(H2,1,2,3);;. The molecule has 0 aromatic carbocycles. The average molecular weight is 167 g/mol.